The van der Waals surface area contributed by atoms with E-state index in [4.69, 9.17) is 10.5 Å². The molecule has 0 aliphatic heterocycles. The number of nitrogen functional groups attached to an aromatic ring is 1. The zero-order valence-electron chi connectivity index (χ0n) is 11.7. The maximum atomic E-state index is 6.00. The van der Waals surface area contributed by atoms with Crippen molar-refractivity contribution in [3.05, 3.63) is 47.5 Å². The van der Waals surface area contributed by atoms with Crippen LogP contribution in [0.15, 0.2) is 36.4 Å². The molecule has 100 valence electrons. The Balaban J connectivity index is 2.27. The second kappa shape index (κ2) is 5.65. The number of rotatable bonds is 4. The molecule has 0 radical (unpaired) electrons. The van der Waals surface area contributed by atoms with Gasteiger partial charge in [0.1, 0.15) is 5.75 Å². The fraction of sp³-hybridized carbons (Fsp3) is 0.250. The van der Waals surface area contributed by atoms with Gasteiger partial charge in [-0.1, -0.05) is 12.1 Å². The third-order valence-electron chi connectivity index (χ3n) is 3.05. The van der Waals surface area contributed by atoms with Crippen molar-refractivity contribution in [1.82, 2.24) is 0 Å². The molecule has 0 aliphatic carbocycles. The van der Waals surface area contributed by atoms with Gasteiger partial charge in [-0.15, -0.1) is 0 Å². The van der Waals surface area contributed by atoms with Crippen molar-refractivity contribution in [3.63, 3.8) is 0 Å². The van der Waals surface area contributed by atoms with Crippen LogP contribution in [-0.4, -0.2) is 6.61 Å². The van der Waals surface area contributed by atoms with Crippen molar-refractivity contribution in [2.24, 2.45) is 0 Å². The van der Waals surface area contributed by atoms with Crippen LogP contribution in [0.2, 0.25) is 0 Å². The predicted octanol–water partition coefficient (Wildman–Crippen LogP) is 4.03. The molecule has 0 unspecified atom stereocenters. The Morgan fingerprint density at radius 2 is 1.89 bits per heavy atom. The van der Waals surface area contributed by atoms with Gasteiger partial charge in [0.05, 0.1) is 18.0 Å². The van der Waals surface area contributed by atoms with Crippen LogP contribution in [0, 0.1) is 13.8 Å². The molecule has 2 rings (SSSR count). The summed E-state index contributed by atoms with van der Waals surface area (Å²) in [4.78, 5) is 0. The Kier molecular flexibility index (Phi) is 3.95. The van der Waals surface area contributed by atoms with Crippen molar-refractivity contribution in [2.75, 3.05) is 17.7 Å². The molecular weight excluding hydrogens is 236 g/mol. The molecule has 2 aromatic carbocycles. The molecule has 0 heterocycles. The van der Waals surface area contributed by atoms with Crippen molar-refractivity contribution < 1.29 is 4.74 Å². The third-order valence-corrected chi connectivity index (χ3v) is 3.05. The highest BCUT2D eigenvalue weighted by molar-refractivity contribution is 5.76. The van der Waals surface area contributed by atoms with Gasteiger partial charge in [-0.2, -0.15) is 0 Å². The highest BCUT2D eigenvalue weighted by Crippen LogP contribution is 2.29. The second-order valence-corrected chi connectivity index (χ2v) is 4.58. The lowest BCUT2D eigenvalue weighted by molar-refractivity contribution is 0.338. The van der Waals surface area contributed by atoms with Gasteiger partial charge in [-0.25, -0.2) is 0 Å². The van der Waals surface area contributed by atoms with E-state index in [-0.39, 0.29) is 0 Å². The van der Waals surface area contributed by atoms with Gasteiger partial charge >= 0.3 is 0 Å². The molecule has 0 saturated heterocycles. The molecule has 0 amide bonds. The molecule has 0 bridgehead atoms. The summed E-state index contributed by atoms with van der Waals surface area (Å²) in [5.74, 6) is 0.922. The highest BCUT2D eigenvalue weighted by atomic mass is 16.5. The number of anilines is 3. The van der Waals surface area contributed by atoms with Crippen LogP contribution in [0.4, 0.5) is 17.1 Å². The number of aryl methyl sites for hydroxylation is 2. The number of benzene rings is 2. The normalized spacial score (nSPS) is 10.3. The lowest BCUT2D eigenvalue weighted by Crippen LogP contribution is -2.00. The minimum absolute atomic E-state index is 0.679. The summed E-state index contributed by atoms with van der Waals surface area (Å²) in [5.41, 5.74) is 11.0. The first-order valence-electron chi connectivity index (χ1n) is 6.47. The molecule has 0 saturated carbocycles. The first-order valence-corrected chi connectivity index (χ1v) is 6.47. The number of hydrogen-bond acceptors (Lipinski definition) is 3. The minimum atomic E-state index is 0.679. The number of para-hydroxylation sites is 1. The maximum absolute atomic E-state index is 6.00. The molecule has 19 heavy (non-hydrogen) atoms. The quantitative estimate of drug-likeness (QED) is 0.812. The van der Waals surface area contributed by atoms with E-state index in [9.17, 15) is 0 Å². The van der Waals surface area contributed by atoms with Gasteiger partial charge in [0.2, 0.25) is 0 Å². The Hall–Kier alpha value is -2.16. The fourth-order valence-corrected chi connectivity index (χ4v) is 2.05. The van der Waals surface area contributed by atoms with E-state index in [0.29, 0.717) is 6.61 Å². The van der Waals surface area contributed by atoms with E-state index in [0.717, 1.165) is 33.9 Å². The maximum Gasteiger partial charge on any atom is 0.122 e. The van der Waals surface area contributed by atoms with Crippen LogP contribution in [0.5, 0.6) is 5.75 Å². The first kappa shape index (κ1) is 13.3. The van der Waals surface area contributed by atoms with E-state index in [1.165, 1.54) is 0 Å². The summed E-state index contributed by atoms with van der Waals surface area (Å²) in [6.45, 7) is 6.75. The van der Waals surface area contributed by atoms with Crippen molar-refractivity contribution >= 4 is 17.1 Å². The molecule has 0 spiro atoms. The molecule has 2 aromatic rings. The standard InChI is InChI=1S/C16H20N2O/c1-4-19-15-9-8-13(10-12(15)3)18-16-11(2)6-5-7-14(16)17/h5-10,18H,4,17H2,1-3H3. The summed E-state index contributed by atoms with van der Waals surface area (Å²) in [7, 11) is 0. The summed E-state index contributed by atoms with van der Waals surface area (Å²) >= 11 is 0. The molecule has 0 aliphatic rings. The number of nitrogens with one attached hydrogen (secondary N) is 1. The summed E-state index contributed by atoms with van der Waals surface area (Å²) in [6, 6.07) is 12.0. The van der Waals surface area contributed by atoms with Gasteiger partial charge in [0, 0.05) is 5.69 Å². The van der Waals surface area contributed by atoms with E-state index < -0.39 is 0 Å². The Morgan fingerprint density at radius 1 is 1.11 bits per heavy atom. The van der Waals surface area contributed by atoms with Crippen molar-refractivity contribution in [3.8, 4) is 5.75 Å². The van der Waals surface area contributed by atoms with Crippen LogP contribution in [0.1, 0.15) is 18.1 Å². The van der Waals surface area contributed by atoms with E-state index in [1.807, 2.05) is 51.1 Å². The second-order valence-electron chi connectivity index (χ2n) is 4.58. The fourth-order valence-electron chi connectivity index (χ4n) is 2.05. The molecule has 0 fully saturated rings. The summed E-state index contributed by atoms with van der Waals surface area (Å²) in [6.07, 6.45) is 0. The monoisotopic (exact) mass is 256 g/mol. The highest BCUT2D eigenvalue weighted by Gasteiger charge is 2.05. The Morgan fingerprint density at radius 3 is 2.53 bits per heavy atom. The van der Waals surface area contributed by atoms with Gasteiger partial charge in [-0.3, -0.25) is 0 Å². The lowest BCUT2D eigenvalue weighted by Gasteiger charge is -2.14. The van der Waals surface area contributed by atoms with Crippen molar-refractivity contribution in [1.29, 1.82) is 0 Å². The Bertz CT molecular complexity index is 559. The average molecular weight is 256 g/mol. The lowest BCUT2D eigenvalue weighted by atomic mass is 10.1. The molecule has 3 heteroatoms. The molecule has 3 N–H and O–H groups in total. The van der Waals surface area contributed by atoms with E-state index >= 15 is 0 Å². The Labute approximate surface area is 114 Å². The van der Waals surface area contributed by atoms with Crippen LogP contribution in [0.3, 0.4) is 0 Å². The van der Waals surface area contributed by atoms with Crippen molar-refractivity contribution in [2.45, 2.75) is 20.8 Å². The smallest absolute Gasteiger partial charge is 0.122 e. The van der Waals surface area contributed by atoms with Crippen LogP contribution >= 0.6 is 0 Å². The van der Waals surface area contributed by atoms with E-state index in [1.54, 1.807) is 0 Å². The van der Waals surface area contributed by atoms with Gasteiger partial charge < -0.3 is 15.8 Å². The zero-order chi connectivity index (χ0) is 13.8. The minimum Gasteiger partial charge on any atom is -0.494 e. The topological polar surface area (TPSA) is 47.3 Å². The largest absolute Gasteiger partial charge is 0.494 e. The predicted molar refractivity (Wildman–Crippen MR) is 81.2 cm³/mol. The van der Waals surface area contributed by atoms with Crippen LogP contribution in [0.25, 0.3) is 0 Å². The number of hydrogen-bond donors (Lipinski definition) is 2. The van der Waals surface area contributed by atoms with Gasteiger partial charge in [0.25, 0.3) is 0 Å². The third kappa shape index (κ3) is 2.99. The molecular formula is C16H20N2O. The van der Waals surface area contributed by atoms with Gasteiger partial charge in [-0.05, 0) is 56.2 Å². The van der Waals surface area contributed by atoms with Crippen LogP contribution in [-0.2, 0) is 0 Å². The zero-order valence-corrected chi connectivity index (χ0v) is 11.7. The van der Waals surface area contributed by atoms with Crippen LogP contribution < -0.4 is 15.8 Å². The van der Waals surface area contributed by atoms with E-state index in [2.05, 4.69) is 11.4 Å². The molecule has 0 aromatic heterocycles. The summed E-state index contributed by atoms with van der Waals surface area (Å²) < 4.78 is 5.54. The molecule has 0 atom stereocenters. The average Bonchev–Trinajstić information content (AvgIpc) is 2.37. The first-order chi connectivity index (χ1) is 9.11. The SMILES string of the molecule is CCOc1ccc(Nc2c(C)cccc2N)cc1C. The number of nitrogens with two attached hydrogens (primary N) is 1. The van der Waals surface area contributed by atoms with Gasteiger partial charge in [0.15, 0.2) is 0 Å². The number of ether oxygens (including phenoxy) is 1. The summed E-state index contributed by atoms with van der Waals surface area (Å²) in [5, 5.41) is 3.37. The molecule has 3 nitrogen and oxygen atoms in total.